The number of halogens is 3. The molecule has 0 spiro atoms. The average molecular weight is 448 g/mol. The Labute approximate surface area is 181 Å². The van der Waals surface area contributed by atoms with E-state index in [2.05, 4.69) is 15.1 Å². The predicted octanol–water partition coefficient (Wildman–Crippen LogP) is 2.86. The number of hydrogen-bond donors (Lipinski definition) is 1. The number of carbonyl (C=O) groups is 1. The van der Waals surface area contributed by atoms with E-state index in [1.165, 1.54) is 18.3 Å². The monoisotopic (exact) mass is 448 g/mol. The number of nitrogens with one attached hydrogen (secondary N) is 1. The Hall–Kier alpha value is -3.37. The van der Waals surface area contributed by atoms with Crippen molar-refractivity contribution in [3.05, 3.63) is 51.9 Å². The first-order valence-electron chi connectivity index (χ1n) is 10.1. The molecule has 0 saturated carbocycles. The SMILES string of the molecule is CC(C)(C)n1ncc2c(=O)[nH]c(N3CCN(C(=O)c4ccc(C(F)(F)F)cc4)CC3)nc21. The Balaban J connectivity index is 1.49. The molecule has 0 aliphatic carbocycles. The summed E-state index contributed by atoms with van der Waals surface area (Å²) in [4.78, 5) is 36.0. The maximum Gasteiger partial charge on any atom is 0.416 e. The molecule has 2 aromatic heterocycles. The van der Waals surface area contributed by atoms with Gasteiger partial charge in [0.15, 0.2) is 5.65 Å². The van der Waals surface area contributed by atoms with Crippen molar-refractivity contribution in [2.24, 2.45) is 0 Å². The maximum atomic E-state index is 12.7. The van der Waals surface area contributed by atoms with Gasteiger partial charge in [-0.05, 0) is 45.0 Å². The van der Waals surface area contributed by atoms with E-state index in [9.17, 15) is 22.8 Å². The Bertz CT molecular complexity index is 1200. The highest BCUT2D eigenvalue weighted by Crippen LogP contribution is 2.29. The van der Waals surface area contributed by atoms with Crippen molar-refractivity contribution in [1.29, 1.82) is 0 Å². The number of anilines is 1. The van der Waals surface area contributed by atoms with Crippen LogP contribution in [0.25, 0.3) is 11.0 Å². The quantitative estimate of drug-likeness (QED) is 0.652. The van der Waals surface area contributed by atoms with Crippen molar-refractivity contribution in [1.82, 2.24) is 24.6 Å². The highest BCUT2D eigenvalue weighted by molar-refractivity contribution is 5.94. The van der Waals surface area contributed by atoms with E-state index in [1.807, 2.05) is 25.7 Å². The lowest BCUT2D eigenvalue weighted by Gasteiger charge is -2.35. The Morgan fingerprint density at radius 3 is 2.22 bits per heavy atom. The van der Waals surface area contributed by atoms with E-state index in [-0.39, 0.29) is 22.6 Å². The Morgan fingerprint density at radius 1 is 1.03 bits per heavy atom. The fourth-order valence-corrected chi connectivity index (χ4v) is 3.65. The zero-order valence-corrected chi connectivity index (χ0v) is 17.9. The lowest BCUT2D eigenvalue weighted by molar-refractivity contribution is -0.137. The third-order valence-corrected chi connectivity index (χ3v) is 5.39. The topological polar surface area (TPSA) is 87.1 Å². The summed E-state index contributed by atoms with van der Waals surface area (Å²) in [6.07, 6.45) is -2.95. The van der Waals surface area contributed by atoms with Crippen molar-refractivity contribution in [2.45, 2.75) is 32.5 Å². The van der Waals surface area contributed by atoms with E-state index in [0.717, 1.165) is 12.1 Å². The summed E-state index contributed by atoms with van der Waals surface area (Å²) in [5, 5.41) is 4.70. The molecule has 3 aromatic rings. The number of H-pyrrole nitrogens is 1. The van der Waals surface area contributed by atoms with Gasteiger partial charge in [-0.1, -0.05) is 0 Å². The molecule has 1 fully saturated rings. The van der Waals surface area contributed by atoms with Gasteiger partial charge in [-0.2, -0.15) is 23.3 Å². The van der Waals surface area contributed by atoms with Gasteiger partial charge in [-0.25, -0.2) is 4.68 Å². The fourth-order valence-electron chi connectivity index (χ4n) is 3.65. The van der Waals surface area contributed by atoms with Gasteiger partial charge in [0, 0.05) is 31.7 Å². The third-order valence-electron chi connectivity index (χ3n) is 5.39. The first kappa shape index (κ1) is 21.8. The van der Waals surface area contributed by atoms with Gasteiger partial charge in [0.2, 0.25) is 5.95 Å². The molecule has 0 bridgehead atoms. The maximum absolute atomic E-state index is 12.7. The van der Waals surface area contributed by atoms with Gasteiger partial charge in [-0.15, -0.1) is 0 Å². The fraction of sp³-hybridized carbons (Fsp3) is 0.429. The first-order chi connectivity index (χ1) is 14.9. The molecule has 170 valence electrons. The summed E-state index contributed by atoms with van der Waals surface area (Å²) in [6.45, 7) is 7.43. The van der Waals surface area contributed by atoms with Crippen LogP contribution in [0.2, 0.25) is 0 Å². The standard InChI is InChI=1S/C21H23F3N6O2/c1-20(2,3)30-16-15(12-25-30)17(31)27-19(26-16)29-10-8-28(9-11-29)18(32)13-4-6-14(7-5-13)21(22,23)24/h4-7,12H,8-11H2,1-3H3,(H,26,27,31). The van der Waals surface area contributed by atoms with Crippen LogP contribution in [0.1, 0.15) is 36.7 Å². The molecule has 1 saturated heterocycles. The van der Waals surface area contributed by atoms with Crippen molar-refractivity contribution in [3.8, 4) is 0 Å². The van der Waals surface area contributed by atoms with Crippen LogP contribution in [0.3, 0.4) is 0 Å². The number of benzene rings is 1. The minimum Gasteiger partial charge on any atom is -0.339 e. The molecule has 1 aliphatic rings. The van der Waals surface area contributed by atoms with E-state index >= 15 is 0 Å². The number of aromatic amines is 1. The lowest BCUT2D eigenvalue weighted by atomic mass is 10.1. The number of nitrogens with zero attached hydrogens (tertiary/aromatic N) is 5. The number of hydrogen-bond acceptors (Lipinski definition) is 5. The molecule has 0 atom stereocenters. The lowest BCUT2D eigenvalue weighted by Crippen LogP contribution is -2.49. The van der Waals surface area contributed by atoms with Gasteiger partial charge >= 0.3 is 6.18 Å². The molecule has 0 unspecified atom stereocenters. The van der Waals surface area contributed by atoms with Gasteiger partial charge in [0.1, 0.15) is 5.39 Å². The van der Waals surface area contributed by atoms with Crippen molar-refractivity contribution in [2.75, 3.05) is 31.1 Å². The second-order valence-corrected chi connectivity index (χ2v) is 8.71. The molecule has 1 aromatic carbocycles. The number of piperazine rings is 1. The minimum absolute atomic E-state index is 0.202. The predicted molar refractivity (Wildman–Crippen MR) is 113 cm³/mol. The molecule has 32 heavy (non-hydrogen) atoms. The van der Waals surface area contributed by atoms with Crippen LogP contribution in [0, 0.1) is 0 Å². The van der Waals surface area contributed by atoms with Crippen molar-refractivity contribution >= 4 is 22.9 Å². The summed E-state index contributed by atoms with van der Waals surface area (Å²) in [6, 6.07) is 4.20. The van der Waals surface area contributed by atoms with Crippen LogP contribution >= 0.6 is 0 Å². The van der Waals surface area contributed by atoms with Crippen molar-refractivity contribution < 1.29 is 18.0 Å². The molecule has 1 aliphatic heterocycles. The van der Waals surface area contributed by atoms with Gasteiger partial charge in [0.05, 0.1) is 17.3 Å². The van der Waals surface area contributed by atoms with Crippen LogP contribution in [0.15, 0.2) is 35.3 Å². The Kier molecular flexibility index (Phi) is 5.22. The van der Waals surface area contributed by atoms with Gasteiger partial charge in [0.25, 0.3) is 11.5 Å². The number of fused-ring (bicyclic) bond motifs is 1. The van der Waals surface area contributed by atoms with Gasteiger partial charge in [-0.3, -0.25) is 14.6 Å². The Morgan fingerprint density at radius 2 is 1.66 bits per heavy atom. The molecule has 1 N–H and O–H groups in total. The van der Waals surface area contributed by atoms with E-state index in [1.54, 1.807) is 9.58 Å². The second kappa shape index (κ2) is 7.64. The summed E-state index contributed by atoms with van der Waals surface area (Å²) < 4.78 is 39.9. The van der Waals surface area contributed by atoms with Crippen LogP contribution < -0.4 is 10.5 Å². The zero-order valence-electron chi connectivity index (χ0n) is 17.9. The van der Waals surface area contributed by atoms with Crippen LogP contribution in [0.4, 0.5) is 19.1 Å². The van der Waals surface area contributed by atoms with Crippen molar-refractivity contribution in [3.63, 3.8) is 0 Å². The molecular weight excluding hydrogens is 425 g/mol. The first-order valence-corrected chi connectivity index (χ1v) is 10.1. The van der Waals surface area contributed by atoms with Gasteiger partial charge < -0.3 is 9.80 Å². The molecule has 3 heterocycles. The highest BCUT2D eigenvalue weighted by Gasteiger charge is 2.31. The number of rotatable bonds is 2. The minimum atomic E-state index is -4.44. The molecule has 8 nitrogen and oxygen atoms in total. The van der Waals surface area contributed by atoms with Crippen LogP contribution in [-0.4, -0.2) is 56.7 Å². The summed E-state index contributed by atoms with van der Waals surface area (Å²) in [7, 11) is 0. The smallest absolute Gasteiger partial charge is 0.339 e. The molecular formula is C21H23F3N6O2. The number of alkyl halides is 3. The highest BCUT2D eigenvalue weighted by atomic mass is 19.4. The van der Waals surface area contributed by atoms with E-state index in [4.69, 9.17) is 0 Å². The average Bonchev–Trinajstić information content (AvgIpc) is 3.18. The summed E-state index contributed by atoms with van der Waals surface area (Å²) in [5.41, 5.74) is -0.748. The van der Waals surface area contributed by atoms with E-state index < -0.39 is 11.7 Å². The number of carbonyl (C=O) groups excluding carboxylic acids is 1. The van der Waals surface area contributed by atoms with Crippen LogP contribution in [-0.2, 0) is 11.7 Å². The zero-order chi connectivity index (χ0) is 23.3. The van der Waals surface area contributed by atoms with Crippen LogP contribution in [0.5, 0.6) is 0 Å². The number of aromatic nitrogens is 4. The van der Waals surface area contributed by atoms with E-state index in [0.29, 0.717) is 43.2 Å². The largest absolute Gasteiger partial charge is 0.416 e. The second-order valence-electron chi connectivity index (χ2n) is 8.71. The molecule has 11 heteroatoms. The summed E-state index contributed by atoms with van der Waals surface area (Å²) >= 11 is 0. The number of amides is 1. The summed E-state index contributed by atoms with van der Waals surface area (Å²) in [5.74, 6) is 0.0659. The third kappa shape index (κ3) is 4.06. The molecule has 0 radical (unpaired) electrons. The normalized spacial score (nSPS) is 15.4. The molecule has 1 amide bonds. The molecule has 4 rings (SSSR count).